The summed E-state index contributed by atoms with van der Waals surface area (Å²) in [5.41, 5.74) is 5.00. The summed E-state index contributed by atoms with van der Waals surface area (Å²) >= 11 is 0. The quantitative estimate of drug-likeness (QED) is 0.129. The summed E-state index contributed by atoms with van der Waals surface area (Å²) in [5.74, 6) is 0.256. The van der Waals surface area contributed by atoms with Gasteiger partial charge in [0.2, 0.25) is 0 Å². The monoisotopic (exact) mass is 442 g/mol. The number of aryl methyl sites for hydroxylation is 3. The first kappa shape index (κ1) is 23.3. The molecule has 1 aliphatic rings. The van der Waals surface area contributed by atoms with Crippen molar-refractivity contribution in [2.24, 2.45) is 0 Å². The van der Waals surface area contributed by atoms with Gasteiger partial charge in [-0.2, -0.15) is 0 Å². The lowest BCUT2D eigenvalue weighted by atomic mass is 9.97. The Bertz CT molecular complexity index is 1010. The van der Waals surface area contributed by atoms with E-state index < -0.39 is 6.10 Å². The van der Waals surface area contributed by atoms with E-state index in [0.717, 1.165) is 17.5 Å². The van der Waals surface area contributed by atoms with Crippen LogP contribution in [0.15, 0.2) is 78.9 Å². The van der Waals surface area contributed by atoms with Gasteiger partial charge in [0, 0.05) is 0 Å². The molecule has 0 saturated carbocycles. The molecule has 0 N–H and O–H groups in total. The Hall–Kier alpha value is -2.91. The van der Waals surface area contributed by atoms with Gasteiger partial charge in [0.15, 0.2) is 6.10 Å². The molecule has 1 aliphatic heterocycles. The molecule has 0 unspecified atom stereocenters. The molecule has 33 heavy (non-hydrogen) atoms. The molecule has 3 aromatic carbocycles. The van der Waals surface area contributed by atoms with Gasteiger partial charge in [-0.15, -0.1) is 0 Å². The van der Waals surface area contributed by atoms with E-state index in [-0.39, 0.29) is 12.1 Å². The van der Waals surface area contributed by atoms with E-state index in [1.54, 1.807) is 0 Å². The molecule has 1 heterocycles. The summed E-state index contributed by atoms with van der Waals surface area (Å²) in [6.07, 6.45) is 9.08. The minimum absolute atomic E-state index is 0.183. The third-order valence-electron chi connectivity index (χ3n) is 6.33. The van der Waals surface area contributed by atoms with Crippen molar-refractivity contribution in [3.8, 4) is 5.75 Å². The highest BCUT2D eigenvalue weighted by atomic mass is 16.6. The number of epoxide rings is 1. The van der Waals surface area contributed by atoms with Gasteiger partial charge < -0.3 is 9.47 Å². The second-order valence-electron chi connectivity index (χ2n) is 9.02. The van der Waals surface area contributed by atoms with Crippen molar-refractivity contribution >= 4 is 5.97 Å². The number of carbonyl (C=O) groups excluding carboxylic acids is 1. The topological polar surface area (TPSA) is 38.8 Å². The van der Waals surface area contributed by atoms with E-state index in [1.807, 2.05) is 37.3 Å². The zero-order valence-electron chi connectivity index (χ0n) is 19.5. The Labute approximate surface area is 197 Å². The van der Waals surface area contributed by atoms with Crippen LogP contribution in [0.5, 0.6) is 5.75 Å². The molecule has 0 radical (unpaired) electrons. The Morgan fingerprint density at radius 3 is 2.15 bits per heavy atom. The van der Waals surface area contributed by atoms with Crippen molar-refractivity contribution in [2.75, 3.05) is 0 Å². The lowest BCUT2D eigenvalue weighted by Gasteiger charge is -2.08. The van der Waals surface area contributed by atoms with Crippen molar-refractivity contribution in [3.05, 3.63) is 101 Å². The van der Waals surface area contributed by atoms with Gasteiger partial charge in [0.1, 0.15) is 11.9 Å². The van der Waals surface area contributed by atoms with E-state index >= 15 is 0 Å². The highest BCUT2D eigenvalue weighted by Crippen LogP contribution is 2.41. The van der Waals surface area contributed by atoms with Crippen molar-refractivity contribution in [1.29, 1.82) is 0 Å². The molecule has 0 aromatic heterocycles. The summed E-state index contributed by atoms with van der Waals surface area (Å²) in [6.45, 7) is 2.01. The molecule has 4 rings (SSSR count). The Balaban J connectivity index is 1.16. The Kier molecular flexibility index (Phi) is 8.32. The van der Waals surface area contributed by atoms with Gasteiger partial charge in [-0.05, 0) is 61.4 Å². The zero-order chi connectivity index (χ0) is 22.9. The molecule has 0 amide bonds. The SMILES string of the molecule is Cc1ccc(OC(=O)[C@@H]2O[C@@H]2c2ccccc2CCCCCCCCc2ccccc2)cc1. The van der Waals surface area contributed by atoms with Crippen LogP contribution in [0.4, 0.5) is 0 Å². The van der Waals surface area contributed by atoms with Gasteiger partial charge in [-0.3, -0.25) is 0 Å². The number of ether oxygens (including phenoxy) is 2. The minimum Gasteiger partial charge on any atom is -0.425 e. The summed E-state index contributed by atoms with van der Waals surface area (Å²) < 4.78 is 11.2. The van der Waals surface area contributed by atoms with E-state index in [4.69, 9.17) is 9.47 Å². The van der Waals surface area contributed by atoms with Crippen molar-refractivity contribution < 1.29 is 14.3 Å². The number of hydrogen-bond donors (Lipinski definition) is 0. The van der Waals surface area contributed by atoms with E-state index in [2.05, 4.69) is 48.5 Å². The first-order chi connectivity index (χ1) is 16.2. The Morgan fingerprint density at radius 2 is 1.39 bits per heavy atom. The molecule has 3 aromatic rings. The largest absolute Gasteiger partial charge is 0.425 e. The van der Waals surface area contributed by atoms with E-state index in [9.17, 15) is 4.79 Å². The van der Waals surface area contributed by atoms with Crippen LogP contribution in [-0.4, -0.2) is 12.1 Å². The Morgan fingerprint density at radius 1 is 0.758 bits per heavy atom. The van der Waals surface area contributed by atoms with Crippen LogP contribution in [0.3, 0.4) is 0 Å². The van der Waals surface area contributed by atoms with Crippen LogP contribution in [0.1, 0.15) is 66.9 Å². The first-order valence-corrected chi connectivity index (χ1v) is 12.3. The fraction of sp³-hybridized carbons (Fsp3) is 0.367. The maximum Gasteiger partial charge on any atom is 0.343 e. The molecule has 1 saturated heterocycles. The van der Waals surface area contributed by atoms with Gasteiger partial charge in [0.05, 0.1) is 0 Å². The number of hydrogen-bond acceptors (Lipinski definition) is 3. The molecule has 0 aliphatic carbocycles. The predicted molar refractivity (Wildman–Crippen MR) is 132 cm³/mol. The maximum atomic E-state index is 12.5. The number of benzene rings is 3. The van der Waals surface area contributed by atoms with Crippen LogP contribution in [0, 0.1) is 6.92 Å². The lowest BCUT2D eigenvalue weighted by Crippen LogP contribution is -2.15. The smallest absolute Gasteiger partial charge is 0.343 e. The zero-order valence-corrected chi connectivity index (χ0v) is 19.5. The van der Waals surface area contributed by atoms with Crippen molar-refractivity contribution in [1.82, 2.24) is 0 Å². The van der Waals surface area contributed by atoms with Gasteiger partial charge >= 0.3 is 5.97 Å². The average molecular weight is 443 g/mol. The van der Waals surface area contributed by atoms with E-state index in [0.29, 0.717) is 5.75 Å². The lowest BCUT2D eigenvalue weighted by molar-refractivity contribution is -0.135. The van der Waals surface area contributed by atoms with Crippen LogP contribution in [0.2, 0.25) is 0 Å². The van der Waals surface area contributed by atoms with Crippen LogP contribution < -0.4 is 4.74 Å². The summed E-state index contributed by atoms with van der Waals surface area (Å²) in [6, 6.07) is 26.6. The molecule has 3 heteroatoms. The van der Waals surface area contributed by atoms with Gasteiger partial charge in [-0.1, -0.05) is 98.0 Å². The van der Waals surface area contributed by atoms with E-state index in [1.165, 1.54) is 56.1 Å². The predicted octanol–water partition coefficient (Wildman–Crippen LogP) is 7.17. The van der Waals surface area contributed by atoms with Crippen LogP contribution in [-0.2, 0) is 22.4 Å². The van der Waals surface area contributed by atoms with Crippen LogP contribution >= 0.6 is 0 Å². The minimum atomic E-state index is -0.503. The standard InChI is InChI=1S/C30H34O3/c1-23-19-21-26(22-20-23)32-30(31)29-28(33-29)27-18-12-11-17-25(27)16-10-5-3-2-4-7-13-24-14-8-6-9-15-24/h6,8-9,11-12,14-15,17-22,28-29H,2-5,7,10,13,16H2,1H3/t28-,29-/m1/s1. The molecule has 172 valence electrons. The molecular formula is C30H34O3. The van der Waals surface area contributed by atoms with Crippen LogP contribution in [0.25, 0.3) is 0 Å². The molecular weight excluding hydrogens is 408 g/mol. The summed E-state index contributed by atoms with van der Waals surface area (Å²) in [7, 11) is 0. The highest BCUT2D eigenvalue weighted by Gasteiger charge is 2.48. The maximum absolute atomic E-state index is 12.5. The van der Waals surface area contributed by atoms with Gasteiger partial charge in [-0.25, -0.2) is 4.79 Å². The number of rotatable bonds is 12. The number of unbranched alkanes of at least 4 members (excludes halogenated alkanes) is 5. The fourth-order valence-electron chi connectivity index (χ4n) is 4.34. The van der Waals surface area contributed by atoms with Gasteiger partial charge in [0.25, 0.3) is 0 Å². The molecule has 0 spiro atoms. The average Bonchev–Trinajstić information content (AvgIpc) is 3.64. The second-order valence-corrected chi connectivity index (χ2v) is 9.02. The number of carbonyl (C=O) groups is 1. The number of esters is 1. The highest BCUT2D eigenvalue weighted by molar-refractivity contribution is 5.80. The first-order valence-electron chi connectivity index (χ1n) is 12.3. The van der Waals surface area contributed by atoms with Crippen molar-refractivity contribution in [3.63, 3.8) is 0 Å². The molecule has 2 atom stereocenters. The molecule has 3 nitrogen and oxygen atoms in total. The second kappa shape index (κ2) is 11.8. The normalized spacial score (nSPS) is 17.0. The summed E-state index contributed by atoms with van der Waals surface area (Å²) in [5, 5.41) is 0. The molecule has 0 bridgehead atoms. The molecule has 1 fully saturated rings. The fourth-order valence-corrected chi connectivity index (χ4v) is 4.34. The third-order valence-corrected chi connectivity index (χ3v) is 6.33. The summed E-state index contributed by atoms with van der Waals surface area (Å²) in [4.78, 5) is 12.5. The third kappa shape index (κ3) is 7.03. The van der Waals surface area contributed by atoms with Crippen molar-refractivity contribution in [2.45, 2.75) is 70.5 Å².